The van der Waals surface area contributed by atoms with Crippen molar-refractivity contribution < 1.29 is 33.1 Å². The maximum Gasteiger partial charge on any atom is 0.304 e. The molecule has 3 aliphatic heterocycles. The van der Waals surface area contributed by atoms with E-state index in [9.17, 15) is 14.4 Å². The van der Waals surface area contributed by atoms with Gasteiger partial charge in [0.1, 0.15) is 0 Å². The number of nitrogens with one attached hydrogen (secondary N) is 1. The van der Waals surface area contributed by atoms with E-state index in [1.807, 2.05) is 6.92 Å². The third-order valence-electron chi connectivity index (χ3n) is 7.78. The zero-order valence-electron chi connectivity index (χ0n) is 21.8. The number of carbonyl (C=O) groups excluding carboxylic acids is 3. The van der Waals surface area contributed by atoms with Gasteiger partial charge in [-0.3, -0.25) is 24.0 Å². The van der Waals surface area contributed by atoms with E-state index in [1.54, 1.807) is 42.2 Å². The molecule has 1 aromatic heterocycles. The number of aliphatic hydroxyl groups excluding tert-OH is 1. The topological polar surface area (TPSA) is 136 Å². The number of aryl methyl sites for hydroxylation is 1. The van der Waals surface area contributed by atoms with Crippen molar-refractivity contribution >= 4 is 37.6 Å². The van der Waals surface area contributed by atoms with Gasteiger partial charge >= 0.3 is 5.97 Å². The van der Waals surface area contributed by atoms with Crippen molar-refractivity contribution in [2.45, 2.75) is 76.2 Å². The summed E-state index contributed by atoms with van der Waals surface area (Å²) in [6, 6.07) is 5.09. The Morgan fingerprint density at radius 3 is 2.79 bits per heavy atom. The highest BCUT2D eigenvalue weighted by atomic mass is 28.4. The first-order chi connectivity index (χ1) is 18.0. The molecule has 3 aliphatic rings. The summed E-state index contributed by atoms with van der Waals surface area (Å²) in [5, 5.41) is 20.1. The van der Waals surface area contributed by atoms with Gasteiger partial charge in [0.25, 0.3) is 5.91 Å². The Hall–Kier alpha value is -3.16. The molecule has 5 atom stereocenters. The fourth-order valence-corrected chi connectivity index (χ4v) is 8.74. The lowest BCUT2D eigenvalue weighted by Gasteiger charge is -2.39. The molecule has 4 heterocycles. The Balaban J connectivity index is 1.46. The summed E-state index contributed by atoms with van der Waals surface area (Å²) in [6.45, 7) is 6.77. The van der Waals surface area contributed by atoms with Crippen molar-refractivity contribution in [1.82, 2.24) is 15.0 Å². The van der Waals surface area contributed by atoms with E-state index in [0.29, 0.717) is 42.0 Å². The molecule has 0 aliphatic carbocycles. The minimum atomic E-state index is -3.32. The molecule has 11 nitrogen and oxygen atoms in total. The Morgan fingerprint density at radius 1 is 1.37 bits per heavy atom. The predicted molar refractivity (Wildman–Crippen MR) is 136 cm³/mol. The van der Waals surface area contributed by atoms with Crippen molar-refractivity contribution in [1.29, 1.82) is 0 Å². The summed E-state index contributed by atoms with van der Waals surface area (Å²) in [5.41, 5.74) is 0.324. The molecule has 2 amide bonds. The molecule has 0 radical (unpaired) electrons. The maximum atomic E-state index is 15.8. The monoisotopic (exact) mass is 545 g/mol. The second kappa shape index (κ2) is 9.54. The molecule has 5 rings (SSSR count). The number of anilines is 2. The molecule has 2 saturated heterocycles. The van der Waals surface area contributed by atoms with Crippen molar-refractivity contribution in [3.05, 3.63) is 35.7 Å². The van der Waals surface area contributed by atoms with Crippen LogP contribution in [-0.4, -0.2) is 65.2 Å². The first kappa shape index (κ1) is 26.4. The van der Waals surface area contributed by atoms with Crippen molar-refractivity contribution in [3.8, 4) is 0 Å². The molecule has 204 valence electrons. The highest BCUT2D eigenvalue weighted by molar-refractivity contribution is 6.72. The normalized spacial score (nSPS) is 28.4. The van der Waals surface area contributed by atoms with Crippen LogP contribution in [0, 0.1) is 5.92 Å². The molecule has 1 spiro atoms. The summed E-state index contributed by atoms with van der Waals surface area (Å²) in [6.07, 6.45) is 1.37. The molecule has 2 aromatic rings. The van der Waals surface area contributed by atoms with Gasteiger partial charge in [0.05, 0.1) is 18.2 Å². The number of carbonyl (C=O) groups is 3. The van der Waals surface area contributed by atoms with Gasteiger partial charge in [-0.05, 0) is 37.7 Å². The smallest absolute Gasteiger partial charge is 0.304 e. The number of aromatic nitrogens is 3. The van der Waals surface area contributed by atoms with Crippen LogP contribution in [0.25, 0.3) is 0 Å². The van der Waals surface area contributed by atoms with E-state index >= 15 is 4.11 Å². The minimum Gasteiger partial charge on any atom is -0.441 e. The Bertz CT molecular complexity index is 1280. The number of ether oxygens (including phenoxy) is 2. The lowest BCUT2D eigenvalue weighted by Crippen LogP contribution is -2.55. The summed E-state index contributed by atoms with van der Waals surface area (Å²) >= 11 is 0. The van der Waals surface area contributed by atoms with Gasteiger partial charge in [0.2, 0.25) is 14.3 Å². The van der Waals surface area contributed by atoms with Gasteiger partial charge in [-0.15, -0.1) is 5.10 Å². The number of hydrogen-bond donors (Lipinski definition) is 2. The van der Waals surface area contributed by atoms with Crippen molar-refractivity contribution in [2.75, 3.05) is 16.8 Å². The SMILES string of the molecule is CC(=O)OC1CC(=O)N1c1ccc2c(c1)[C@]1(O[C@@H](CCn3cc(CCO)nn3)[C@H]([Si](C)(C)F)[C@H]1C)C(=O)N2. The van der Waals surface area contributed by atoms with E-state index in [2.05, 4.69) is 15.6 Å². The van der Waals surface area contributed by atoms with Gasteiger partial charge < -0.3 is 24.0 Å². The number of aliphatic hydroxyl groups is 1. The minimum absolute atomic E-state index is 0.0324. The molecule has 2 N–H and O–H groups in total. The van der Waals surface area contributed by atoms with Crippen LogP contribution in [0.5, 0.6) is 0 Å². The van der Waals surface area contributed by atoms with E-state index in [0.717, 1.165) is 0 Å². The van der Waals surface area contributed by atoms with Crippen LogP contribution in [0.3, 0.4) is 0 Å². The van der Waals surface area contributed by atoms with Gasteiger partial charge in [0, 0.05) is 61.1 Å². The number of β-lactam (4-membered cyclic amide) rings is 1. The molecule has 13 heteroatoms. The number of benzene rings is 1. The number of esters is 1. The van der Waals surface area contributed by atoms with Crippen LogP contribution < -0.4 is 10.2 Å². The fraction of sp³-hybridized carbons (Fsp3) is 0.560. The van der Waals surface area contributed by atoms with Crippen molar-refractivity contribution in [3.63, 3.8) is 0 Å². The standard InChI is InChI=1S/C25H32FN5O6Si/c1-14-23(38(3,4)26)20(7-9-30-13-16(8-10-32)28-29-30)37-25(14)18-11-17(5-6-19(18)27-24(25)35)31-21(34)12-22(31)36-15(2)33/h5-6,11,13-14,20,22-23,32H,7-10,12H2,1-4H3,(H,27,35)/t14-,20+,22?,23-,25+/m1/s1. The van der Waals surface area contributed by atoms with Crippen LogP contribution >= 0.6 is 0 Å². The molecular formula is C25H32FN5O6Si. The van der Waals surface area contributed by atoms with E-state index in [-0.39, 0.29) is 24.8 Å². The summed E-state index contributed by atoms with van der Waals surface area (Å²) < 4.78 is 29.3. The zero-order valence-corrected chi connectivity index (χ0v) is 22.8. The van der Waals surface area contributed by atoms with E-state index in [1.165, 1.54) is 11.8 Å². The third kappa shape index (κ3) is 4.31. The lowest BCUT2D eigenvalue weighted by molar-refractivity contribution is -0.153. The average Bonchev–Trinajstić information content (AvgIpc) is 3.47. The molecular weight excluding hydrogens is 513 g/mol. The molecule has 1 unspecified atom stereocenters. The molecule has 1 aromatic carbocycles. The van der Waals surface area contributed by atoms with E-state index < -0.39 is 43.8 Å². The molecule has 2 fully saturated rings. The van der Waals surface area contributed by atoms with Crippen LogP contribution in [0.1, 0.15) is 37.9 Å². The number of fused-ring (bicyclic) bond motifs is 2. The number of hydrogen-bond acceptors (Lipinski definition) is 8. The third-order valence-corrected chi connectivity index (χ3v) is 10.2. The summed E-state index contributed by atoms with van der Waals surface area (Å²) in [7, 11) is -3.32. The molecule has 0 bridgehead atoms. The highest BCUT2D eigenvalue weighted by Crippen LogP contribution is 2.59. The maximum absolute atomic E-state index is 15.8. The Kier molecular flexibility index (Phi) is 6.64. The second-order valence-corrected chi connectivity index (χ2v) is 14.5. The number of amides is 2. The Labute approximate surface area is 220 Å². The first-order valence-electron chi connectivity index (χ1n) is 12.8. The van der Waals surface area contributed by atoms with E-state index in [4.69, 9.17) is 14.6 Å². The quantitative estimate of drug-likeness (QED) is 0.223. The number of rotatable bonds is 8. The largest absolute Gasteiger partial charge is 0.441 e. The Morgan fingerprint density at radius 2 is 2.13 bits per heavy atom. The zero-order chi connectivity index (χ0) is 27.4. The van der Waals surface area contributed by atoms with Gasteiger partial charge in [0.15, 0.2) is 11.8 Å². The second-order valence-electron chi connectivity index (χ2n) is 10.7. The van der Waals surface area contributed by atoms with Gasteiger partial charge in [-0.1, -0.05) is 12.1 Å². The van der Waals surface area contributed by atoms with Crippen LogP contribution in [0.4, 0.5) is 15.5 Å². The van der Waals surface area contributed by atoms with Crippen LogP contribution in [-0.2, 0) is 42.4 Å². The fourth-order valence-electron chi connectivity index (χ4n) is 6.19. The van der Waals surface area contributed by atoms with Crippen LogP contribution in [0.15, 0.2) is 24.4 Å². The summed E-state index contributed by atoms with van der Waals surface area (Å²) in [4.78, 5) is 38.8. The molecule has 38 heavy (non-hydrogen) atoms. The summed E-state index contributed by atoms with van der Waals surface area (Å²) in [5.74, 6) is -1.54. The molecule has 0 saturated carbocycles. The number of halogens is 1. The van der Waals surface area contributed by atoms with Crippen molar-refractivity contribution in [2.24, 2.45) is 5.92 Å². The first-order valence-corrected chi connectivity index (χ1v) is 15.7. The van der Waals surface area contributed by atoms with Gasteiger partial charge in [-0.2, -0.15) is 0 Å². The van der Waals surface area contributed by atoms with Gasteiger partial charge in [-0.25, -0.2) is 0 Å². The lowest BCUT2D eigenvalue weighted by atomic mass is 9.82. The average molecular weight is 546 g/mol. The predicted octanol–water partition coefficient (Wildman–Crippen LogP) is 2.26. The van der Waals surface area contributed by atoms with Crippen LogP contribution in [0.2, 0.25) is 18.6 Å². The highest BCUT2D eigenvalue weighted by Gasteiger charge is 2.65. The number of nitrogens with zero attached hydrogens (tertiary/aromatic N) is 4.